The molecule has 0 unspecified atom stereocenters. The summed E-state index contributed by atoms with van der Waals surface area (Å²) < 4.78 is 10.1. The maximum absolute atomic E-state index is 12.7. The fourth-order valence-electron chi connectivity index (χ4n) is 3.65. The Hall–Kier alpha value is -2.34. The Kier molecular flexibility index (Phi) is 5.79. The number of ether oxygens (including phenoxy) is 2. The molecule has 1 N–H and O–H groups in total. The van der Waals surface area contributed by atoms with Crippen LogP contribution in [0.5, 0.6) is 5.75 Å². The van der Waals surface area contributed by atoms with Gasteiger partial charge in [-0.05, 0) is 60.4 Å². The third-order valence-electron chi connectivity index (χ3n) is 5.46. The highest BCUT2D eigenvalue weighted by atomic mass is 32.1. The number of nitrogens with one attached hydrogen (secondary N) is 1. The van der Waals surface area contributed by atoms with Gasteiger partial charge in [0.25, 0.3) is 5.91 Å². The van der Waals surface area contributed by atoms with Gasteiger partial charge in [-0.2, -0.15) is 0 Å². The molecule has 1 heterocycles. The SMILES string of the molecule is COC(=O)c1c(NC(=O)c2ccc(OC)cc2)sc2c1CC[C@H](C(C)(C)C)C2. The Balaban J connectivity index is 1.91. The van der Waals surface area contributed by atoms with Gasteiger partial charge in [0, 0.05) is 10.4 Å². The minimum absolute atomic E-state index is 0.208. The van der Waals surface area contributed by atoms with Crippen LogP contribution in [0.2, 0.25) is 0 Å². The second-order valence-electron chi connectivity index (χ2n) is 8.19. The number of esters is 1. The fourth-order valence-corrected chi connectivity index (χ4v) is 4.96. The molecule has 28 heavy (non-hydrogen) atoms. The van der Waals surface area contributed by atoms with Crippen molar-refractivity contribution in [1.82, 2.24) is 0 Å². The van der Waals surface area contributed by atoms with E-state index in [0.717, 1.165) is 24.8 Å². The molecule has 150 valence electrons. The van der Waals surface area contributed by atoms with Crippen molar-refractivity contribution in [3.05, 3.63) is 45.8 Å². The molecular weight excluding hydrogens is 374 g/mol. The van der Waals surface area contributed by atoms with Crippen molar-refractivity contribution in [3.8, 4) is 5.75 Å². The number of methoxy groups -OCH3 is 2. The van der Waals surface area contributed by atoms with Gasteiger partial charge in [-0.15, -0.1) is 11.3 Å². The van der Waals surface area contributed by atoms with Crippen LogP contribution in [0.1, 0.15) is 58.3 Å². The van der Waals surface area contributed by atoms with Crippen LogP contribution < -0.4 is 10.1 Å². The normalized spacial score (nSPS) is 16.2. The summed E-state index contributed by atoms with van der Waals surface area (Å²) in [5, 5.41) is 3.50. The van der Waals surface area contributed by atoms with Crippen molar-refractivity contribution in [1.29, 1.82) is 0 Å². The maximum Gasteiger partial charge on any atom is 0.341 e. The lowest BCUT2D eigenvalue weighted by atomic mass is 9.72. The molecule has 1 aliphatic rings. The van der Waals surface area contributed by atoms with Crippen LogP contribution >= 0.6 is 11.3 Å². The molecule has 1 aromatic heterocycles. The smallest absolute Gasteiger partial charge is 0.341 e. The molecule has 1 atom stereocenters. The Morgan fingerprint density at radius 3 is 2.39 bits per heavy atom. The first kappa shape index (κ1) is 20.4. The molecule has 5 nitrogen and oxygen atoms in total. The number of hydrogen-bond acceptors (Lipinski definition) is 5. The van der Waals surface area contributed by atoms with Crippen LogP contribution in [0.4, 0.5) is 5.00 Å². The molecular formula is C22H27NO4S. The van der Waals surface area contributed by atoms with E-state index < -0.39 is 5.97 Å². The maximum atomic E-state index is 12.7. The van der Waals surface area contributed by atoms with Gasteiger partial charge in [-0.3, -0.25) is 4.79 Å². The van der Waals surface area contributed by atoms with Gasteiger partial charge in [0.1, 0.15) is 10.8 Å². The number of carbonyl (C=O) groups is 2. The van der Waals surface area contributed by atoms with E-state index in [9.17, 15) is 9.59 Å². The van der Waals surface area contributed by atoms with Gasteiger partial charge in [0.05, 0.1) is 19.8 Å². The molecule has 2 aromatic rings. The first-order chi connectivity index (χ1) is 13.2. The summed E-state index contributed by atoms with van der Waals surface area (Å²) in [6.07, 6.45) is 2.78. The van der Waals surface area contributed by atoms with E-state index >= 15 is 0 Å². The monoisotopic (exact) mass is 401 g/mol. The predicted octanol–water partition coefficient (Wildman–Crippen LogP) is 4.95. The molecule has 0 bridgehead atoms. The molecule has 1 aromatic carbocycles. The van der Waals surface area contributed by atoms with E-state index in [0.29, 0.717) is 27.8 Å². The molecule has 6 heteroatoms. The lowest BCUT2D eigenvalue weighted by Crippen LogP contribution is -2.26. The molecule has 0 radical (unpaired) electrons. The van der Waals surface area contributed by atoms with E-state index in [4.69, 9.17) is 9.47 Å². The standard InChI is InChI=1S/C22H27NO4S/c1-22(2,3)14-8-11-16-17(12-14)28-20(18(16)21(25)27-5)23-19(24)13-6-9-15(26-4)10-7-13/h6-7,9-10,14H,8,11-12H2,1-5H3,(H,23,24)/t14-/m0/s1. The lowest BCUT2D eigenvalue weighted by Gasteiger charge is -2.33. The van der Waals surface area contributed by atoms with E-state index in [-0.39, 0.29) is 11.3 Å². The molecule has 0 spiro atoms. The quantitative estimate of drug-likeness (QED) is 0.737. The Labute approximate surface area is 170 Å². The summed E-state index contributed by atoms with van der Waals surface area (Å²) in [6.45, 7) is 6.76. The van der Waals surface area contributed by atoms with Gasteiger partial charge in [0.2, 0.25) is 0 Å². The van der Waals surface area contributed by atoms with Gasteiger partial charge in [-0.1, -0.05) is 20.8 Å². The van der Waals surface area contributed by atoms with Crippen molar-refractivity contribution in [2.24, 2.45) is 11.3 Å². The van der Waals surface area contributed by atoms with Gasteiger partial charge < -0.3 is 14.8 Å². The van der Waals surface area contributed by atoms with Crippen molar-refractivity contribution in [3.63, 3.8) is 0 Å². The number of hydrogen-bond donors (Lipinski definition) is 1. The second-order valence-corrected chi connectivity index (χ2v) is 9.29. The molecule has 3 rings (SSSR count). The first-order valence-corrected chi connectivity index (χ1v) is 10.2. The van der Waals surface area contributed by atoms with Gasteiger partial charge >= 0.3 is 5.97 Å². The van der Waals surface area contributed by atoms with E-state index in [1.54, 1.807) is 31.4 Å². The Bertz CT molecular complexity index is 877. The van der Waals surface area contributed by atoms with Crippen LogP contribution in [0.25, 0.3) is 0 Å². The summed E-state index contributed by atoms with van der Waals surface area (Å²) >= 11 is 1.50. The zero-order valence-electron chi connectivity index (χ0n) is 17.0. The van der Waals surface area contributed by atoms with Crippen LogP contribution in [0, 0.1) is 11.3 Å². The number of anilines is 1. The largest absolute Gasteiger partial charge is 0.497 e. The number of thiophene rings is 1. The topological polar surface area (TPSA) is 64.6 Å². The summed E-state index contributed by atoms with van der Waals surface area (Å²) in [7, 11) is 2.96. The zero-order valence-corrected chi connectivity index (χ0v) is 17.9. The number of rotatable bonds is 4. The van der Waals surface area contributed by atoms with E-state index in [1.807, 2.05) is 0 Å². The van der Waals surface area contributed by atoms with Crippen molar-refractivity contribution in [2.45, 2.75) is 40.0 Å². The summed E-state index contributed by atoms with van der Waals surface area (Å²) in [6, 6.07) is 6.89. The molecule has 0 fully saturated rings. The minimum atomic E-state index is -0.392. The van der Waals surface area contributed by atoms with Crippen molar-refractivity contribution >= 4 is 28.2 Å². The third kappa shape index (κ3) is 4.07. The average molecular weight is 402 g/mol. The molecule has 0 saturated carbocycles. The highest BCUT2D eigenvalue weighted by molar-refractivity contribution is 7.17. The highest BCUT2D eigenvalue weighted by Gasteiger charge is 2.34. The zero-order chi connectivity index (χ0) is 20.5. The molecule has 0 saturated heterocycles. The van der Waals surface area contributed by atoms with Crippen molar-refractivity contribution < 1.29 is 19.1 Å². The highest BCUT2D eigenvalue weighted by Crippen LogP contribution is 2.44. The second kappa shape index (κ2) is 7.95. The fraction of sp³-hybridized carbons (Fsp3) is 0.455. The van der Waals surface area contributed by atoms with Gasteiger partial charge in [-0.25, -0.2) is 4.79 Å². The van der Waals surface area contributed by atoms with Crippen LogP contribution in [0.15, 0.2) is 24.3 Å². The number of amides is 1. The minimum Gasteiger partial charge on any atom is -0.497 e. The van der Waals surface area contributed by atoms with Crippen molar-refractivity contribution in [2.75, 3.05) is 19.5 Å². The van der Waals surface area contributed by atoms with Crippen LogP contribution in [-0.4, -0.2) is 26.1 Å². The molecule has 0 aliphatic heterocycles. The summed E-state index contributed by atoms with van der Waals surface area (Å²) in [5.74, 6) is 0.594. The number of benzene rings is 1. The Morgan fingerprint density at radius 2 is 1.82 bits per heavy atom. The molecule has 1 aliphatic carbocycles. The van der Waals surface area contributed by atoms with Gasteiger partial charge in [0.15, 0.2) is 0 Å². The summed E-state index contributed by atoms with van der Waals surface area (Å²) in [4.78, 5) is 26.4. The van der Waals surface area contributed by atoms with Crippen LogP contribution in [-0.2, 0) is 17.6 Å². The first-order valence-electron chi connectivity index (χ1n) is 9.42. The average Bonchev–Trinajstić information content (AvgIpc) is 3.03. The summed E-state index contributed by atoms with van der Waals surface area (Å²) in [5.41, 5.74) is 2.26. The van der Waals surface area contributed by atoms with E-state index in [1.165, 1.54) is 23.3 Å². The van der Waals surface area contributed by atoms with E-state index in [2.05, 4.69) is 26.1 Å². The number of carbonyl (C=O) groups excluding carboxylic acids is 2. The molecule has 1 amide bonds. The number of fused-ring (bicyclic) bond motifs is 1. The third-order valence-corrected chi connectivity index (χ3v) is 6.63. The predicted molar refractivity (Wildman–Crippen MR) is 112 cm³/mol. The lowest BCUT2D eigenvalue weighted by molar-refractivity contribution is 0.0600. The van der Waals surface area contributed by atoms with Crippen LogP contribution in [0.3, 0.4) is 0 Å². The Morgan fingerprint density at radius 1 is 1.14 bits per heavy atom.